The predicted molar refractivity (Wildman–Crippen MR) is 98.0 cm³/mol. The van der Waals surface area contributed by atoms with Crippen molar-refractivity contribution in [2.75, 3.05) is 23.9 Å². The van der Waals surface area contributed by atoms with Crippen LogP contribution in [0.25, 0.3) is 0 Å². The van der Waals surface area contributed by atoms with Crippen molar-refractivity contribution in [1.82, 2.24) is 5.32 Å². The van der Waals surface area contributed by atoms with Gasteiger partial charge in [-0.1, -0.05) is 0 Å². The second-order valence-corrected chi connectivity index (χ2v) is 7.81. The van der Waals surface area contributed by atoms with Crippen LogP contribution in [0, 0.1) is 0 Å². The summed E-state index contributed by atoms with van der Waals surface area (Å²) in [6, 6.07) is 4.39. The molecule has 4 N–H and O–H groups in total. The summed E-state index contributed by atoms with van der Waals surface area (Å²) < 4.78 is 27.2. The van der Waals surface area contributed by atoms with Crippen LogP contribution in [0.1, 0.15) is 13.3 Å². The van der Waals surface area contributed by atoms with Crippen LogP contribution in [-0.2, 0) is 29.1 Å². The van der Waals surface area contributed by atoms with E-state index in [1.54, 1.807) is 0 Å². The molecule has 1 unspecified atom stereocenters. The summed E-state index contributed by atoms with van der Waals surface area (Å²) in [5.41, 5.74) is 0.319. The maximum atomic E-state index is 12.0. The van der Waals surface area contributed by atoms with Gasteiger partial charge in [0.2, 0.25) is 15.9 Å². The lowest BCUT2D eigenvalue weighted by Gasteiger charge is -2.16. The first-order valence-electron chi connectivity index (χ1n) is 7.49. The Morgan fingerprint density at radius 3 is 2.35 bits per heavy atom. The molecule has 26 heavy (non-hydrogen) atoms. The highest BCUT2D eigenvalue weighted by atomic mass is 32.2. The molecule has 0 fully saturated rings. The average molecular weight is 403 g/mol. The Morgan fingerprint density at radius 2 is 1.85 bits per heavy atom. The van der Waals surface area contributed by atoms with Crippen molar-refractivity contribution >= 4 is 45.3 Å². The molecule has 0 aliphatic heterocycles. The first-order valence-corrected chi connectivity index (χ1v) is 10.4. The number of amides is 2. The summed E-state index contributed by atoms with van der Waals surface area (Å²) in [5, 5.41) is 9.92. The summed E-state index contributed by atoms with van der Waals surface area (Å²) in [7, 11) is -3.82. The van der Waals surface area contributed by atoms with Crippen molar-refractivity contribution in [3.05, 3.63) is 24.3 Å². The third-order valence-corrected chi connectivity index (χ3v) is 4.66. The number of hydrogen-bond acceptors (Lipinski definition) is 7. The van der Waals surface area contributed by atoms with E-state index in [1.165, 1.54) is 43.0 Å². The second kappa shape index (κ2) is 10.1. The summed E-state index contributed by atoms with van der Waals surface area (Å²) in [6.07, 6.45) is 2.25. The lowest BCUT2D eigenvalue weighted by Crippen LogP contribution is -2.42. The standard InChI is InChI=1S/C15H21N3O6S2/c1-10(19)17-13(7-8-25-2)15(21)24-9-14(20)18-11-3-5-12(6-4-11)26(16,22)23/h3-6,13H,7-9H2,1-2H3,(H,17,19)(H,18,20)(H2,16,22,23). The highest BCUT2D eigenvalue weighted by Crippen LogP contribution is 2.12. The molecule has 1 aromatic rings. The molecule has 144 valence electrons. The molecular formula is C15H21N3O6S2. The number of carbonyl (C=O) groups is 3. The SMILES string of the molecule is CSCCC(NC(C)=O)C(=O)OCC(=O)Nc1ccc(S(N)(=O)=O)cc1. The topological polar surface area (TPSA) is 145 Å². The minimum atomic E-state index is -3.82. The summed E-state index contributed by atoms with van der Waals surface area (Å²) >= 11 is 1.51. The molecule has 0 saturated heterocycles. The van der Waals surface area contributed by atoms with Crippen LogP contribution < -0.4 is 15.8 Å². The third kappa shape index (κ3) is 7.85. The van der Waals surface area contributed by atoms with Crippen LogP contribution in [0.2, 0.25) is 0 Å². The van der Waals surface area contributed by atoms with Gasteiger partial charge in [0, 0.05) is 12.6 Å². The fourth-order valence-electron chi connectivity index (χ4n) is 1.89. The Balaban J connectivity index is 2.56. The molecule has 1 atom stereocenters. The molecule has 0 saturated carbocycles. The summed E-state index contributed by atoms with van der Waals surface area (Å²) in [5.74, 6) is -1.03. The summed E-state index contributed by atoms with van der Waals surface area (Å²) in [6.45, 7) is 0.752. The first-order chi connectivity index (χ1) is 12.1. The zero-order chi connectivity index (χ0) is 19.7. The van der Waals surface area contributed by atoms with E-state index in [2.05, 4.69) is 10.6 Å². The fraction of sp³-hybridized carbons (Fsp3) is 0.400. The molecule has 0 radical (unpaired) electrons. The number of primary sulfonamides is 1. The molecule has 9 nitrogen and oxygen atoms in total. The van der Waals surface area contributed by atoms with Gasteiger partial charge in [-0.05, 0) is 42.7 Å². The van der Waals surface area contributed by atoms with Crippen molar-refractivity contribution < 1.29 is 27.5 Å². The van der Waals surface area contributed by atoms with Crippen LogP contribution >= 0.6 is 11.8 Å². The highest BCUT2D eigenvalue weighted by molar-refractivity contribution is 7.98. The predicted octanol–water partition coefficient (Wildman–Crippen LogP) is 0.0735. The number of nitrogens with two attached hydrogens (primary N) is 1. The number of carbonyl (C=O) groups excluding carboxylic acids is 3. The molecule has 0 bridgehead atoms. The maximum Gasteiger partial charge on any atom is 0.329 e. The third-order valence-electron chi connectivity index (χ3n) is 3.08. The number of anilines is 1. The van der Waals surface area contributed by atoms with Crippen molar-refractivity contribution in [3.63, 3.8) is 0 Å². The fourth-order valence-corrected chi connectivity index (χ4v) is 2.88. The van der Waals surface area contributed by atoms with Crippen LogP contribution in [0.15, 0.2) is 29.2 Å². The van der Waals surface area contributed by atoms with E-state index >= 15 is 0 Å². The van der Waals surface area contributed by atoms with Gasteiger partial charge in [-0.2, -0.15) is 11.8 Å². The molecule has 0 aliphatic carbocycles. The average Bonchev–Trinajstić information content (AvgIpc) is 2.55. The smallest absolute Gasteiger partial charge is 0.329 e. The number of rotatable bonds is 9. The van der Waals surface area contributed by atoms with Gasteiger partial charge in [0.25, 0.3) is 5.91 Å². The van der Waals surface area contributed by atoms with E-state index < -0.39 is 34.5 Å². The molecule has 1 aromatic carbocycles. The van der Waals surface area contributed by atoms with Crippen LogP contribution in [0.5, 0.6) is 0 Å². The number of esters is 1. The van der Waals surface area contributed by atoms with Gasteiger partial charge in [-0.3, -0.25) is 9.59 Å². The largest absolute Gasteiger partial charge is 0.454 e. The Morgan fingerprint density at radius 1 is 1.23 bits per heavy atom. The number of thioether (sulfide) groups is 1. The monoisotopic (exact) mass is 403 g/mol. The number of sulfonamides is 1. The zero-order valence-electron chi connectivity index (χ0n) is 14.4. The maximum absolute atomic E-state index is 12.0. The highest BCUT2D eigenvalue weighted by Gasteiger charge is 2.21. The number of benzene rings is 1. The molecule has 0 heterocycles. The van der Waals surface area contributed by atoms with Crippen molar-refractivity contribution in [2.45, 2.75) is 24.3 Å². The zero-order valence-corrected chi connectivity index (χ0v) is 16.0. The van der Waals surface area contributed by atoms with Crippen LogP contribution in [0.3, 0.4) is 0 Å². The molecule has 0 aromatic heterocycles. The molecule has 11 heteroatoms. The van der Waals surface area contributed by atoms with Crippen molar-refractivity contribution in [1.29, 1.82) is 0 Å². The lowest BCUT2D eigenvalue weighted by atomic mass is 10.2. The normalized spacial score (nSPS) is 12.1. The van der Waals surface area contributed by atoms with E-state index in [4.69, 9.17) is 9.88 Å². The van der Waals surface area contributed by atoms with E-state index in [0.717, 1.165) is 0 Å². The molecule has 0 spiro atoms. The van der Waals surface area contributed by atoms with Gasteiger partial charge < -0.3 is 15.4 Å². The van der Waals surface area contributed by atoms with Crippen molar-refractivity contribution in [3.8, 4) is 0 Å². The molecule has 2 amide bonds. The van der Waals surface area contributed by atoms with Crippen molar-refractivity contribution in [2.24, 2.45) is 5.14 Å². The van der Waals surface area contributed by atoms with Gasteiger partial charge in [0.1, 0.15) is 6.04 Å². The Kier molecular flexibility index (Phi) is 8.55. The minimum Gasteiger partial charge on any atom is -0.454 e. The van der Waals surface area contributed by atoms with Gasteiger partial charge in [0.15, 0.2) is 6.61 Å². The van der Waals surface area contributed by atoms with Crippen LogP contribution in [-0.4, -0.2) is 50.9 Å². The van der Waals surface area contributed by atoms with E-state index in [-0.39, 0.29) is 10.8 Å². The molecular weight excluding hydrogens is 382 g/mol. The molecule has 0 aliphatic rings. The number of ether oxygens (including phenoxy) is 1. The van der Waals surface area contributed by atoms with Crippen LogP contribution in [0.4, 0.5) is 5.69 Å². The van der Waals surface area contributed by atoms with E-state index in [0.29, 0.717) is 17.9 Å². The number of nitrogens with one attached hydrogen (secondary N) is 2. The Hall–Kier alpha value is -2.11. The lowest BCUT2D eigenvalue weighted by molar-refractivity contribution is -0.150. The molecule has 1 rings (SSSR count). The first kappa shape index (κ1) is 21.9. The van der Waals surface area contributed by atoms with E-state index in [1.807, 2.05) is 6.26 Å². The van der Waals surface area contributed by atoms with Gasteiger partial charge in [0.05, 0.1) is 4.90 Å². The van der Waals surface area contributed by atoms with Gasteiger partial charge in [-0.15, -0.1) is 0 Å². The van der Waals surface area contributed by atoms with Gasteiger partial charge in [-0.25, -0.2) is 18.4 Å². The minimum absolute atomic E-state index is 0.0890. The van der Waals surface area contributed by atoms with E-state index in [9.17, 15) is 22.8 Å². The number of hydrogen-bond donors (Lipinski definition) is 3. The second-order valence-electron chi connectivity index (χ2n) is 5.26. The Bertz CT molecular complexity index is 749. The van der Waals surface area contributed by atoms with Gasteiger partial charge >= 0.3 is 5.97 Å². The Labute approximate surface area is 156 Å². The summed E-state index contributed by atoms with van der Waals surface area (Å²) in [4.78, 5) is 34.9. The quantitative estimate of drug-likeness (QED) is 0.495.